The van der Waals surface area contributed by atoms with Gasteiger partial charge in [-0.05, 0) is 50.4 Å². The van der Waals surface area contributed by atoms with Gasteiger partial charge in [0.1, 0.15) is 35.6 Å². The average molecular weight is 563 g/mol. The lowest BCUT2D eigenvalue weighted by Crippen LogP contribution is -2.39. The minimum Gasteiger partial charge on any atom is -0.491 e. The highest BCUT2D eigenvalue weighted by molar-refractivity contribution is 7.99. The number of fused-ring (bicyclic) bond motifs is 2. The van der Waals surface area contributed by atoms with Crippen LogP contribution in [0.5, 0.6) is 11.5 Å². The van der Waals surface area contributed by atoms with Crippen molar-refractivity contribution in [3.05, 3.63) is 35.4 Å². The number of benzene rings is 2. The quantitative estimate of drug-likeness (QED) is 0.190. The second kappa shape index (κ2) is 15.8. The first-order valence-electron chi connectivity index (χ1n) is 15.0. The summed E-state index contributed by atoms with van der Waals surface area (Å²) < 4.78 is 13.0. The largest absolute Gasteiger partial charge is 0.491 e. The van der Waals surface area contributed by atoms with E-state index in [0.717, 1.165) is 66.5 Å². The van der Waals surface area contributed by atoms with Crippen LogP contribution in [0.2, 0.25) is 0 Å². The first-order valence-corrected chi connectivity index (χ1v) is 15.8. The van der Waals surface area contributed by atoms with Gasteiger partial charge in [0.25, 0.3) is 0 Å². The van der Waals surface area contributed by atoms with Crippen LogP contribution in [0, 0.1) is 28.6 Å². The number of nitriles is 2. The molecule has 1 heterocycles. The molecule has 2 aromatic carbocycles. The molecule has 1 unspecified atom stereocenters. The van der Waals surface area contributed by atoms with Crippen molar-refractivity contribution in [2.24, 2.45) is 5.92 Å². The smallest absolute Gasteiger partial charge is 0.163 e. The van der Waals surface area contributed by atoms with E-state index in [9.17, 15) is 10.5 Å². The van der Waals surface area contributed by atoms with Crippen LogP contribution in [0.4, 0.5) is 11.4 Å². The third kappa shape index (κ3) is 7.25. The number of anilines is 2. The zero-order chi connectivity index (χ0) is 29.1. The maximum absolute atomic E-state index is 10.4. The van der Waals surface area contributed by atoms with Gasteiger partial charge in [-0.25, -0.2) is 0 Å². The number of hydrogen-bond donors (Lipinski definition) is 0. The van der Waals surface area contributed by atoms with Gasteiger partial charge < -0.3 is 14.4 Å². The summed E-state index contributed by atoms with van der Waals surface area (Å²) in [6.45, 7) is 16.6. The molecule has 0 N–H and O–H groups in total. The summed E-state index contributed by atoms with van der Waals surface area (Å²) in [6, 6.07) is 13.3. The standard InChI is InChI=1S/C33H46N4O2S/c1-7-11-12-15-19-37-28-16-13-14-17-29(28)40-33-30(37)31(39-23-25(8-2)36(9-3)10-4)26(21-34)27(22-35)32(33)38-20-18-24(5)6/h13-14,16-17,24-25H,7-12,15,18-20,23H2,1-6H3. The fourth-order valence-electron chi connectivity index (χ4n) is 5.22. The summed E-state index contributed by atoms with van der Waals surface area (Å²) in [6.07, 6.45) is 6.30. The van der Waals surface area contributed by atoms with E-state index in [1.54, 1.807) is 11.8 Å². The van der Waals surface area contributed by atoms with Crippen molar-refractivity contribution in [1.29, 1.82) is 10.5 Å². The van der Waals surface area contributed by atoms with Crippen molar-refractivity contribution in [3.63, 3.8) is 0 Å². The van der Waals surface area contributed by atoms with E-state index in [1.165, 1.54) is 12.8 Å². The molecule has 6 nitrogen and oxygen atoms in total. The predicted octanol–water partition coefficient (Wildman–Crippen LogP) is 8.54. The van der Waals surface area contributed by atoms with Crippen LogP contribution < -0.4 is 14.4 Å². The molecule has 0 amide bonds. The maximum Gasteiger partial charge on any atom is 0.163 e. The molecule has 3 rings (SSSR count). The van der Waals surface area contributed by atoms with Crippen LogP contribution in [0.25, 0.3) is 0 Å². The first kappa shape index (κ1) is 31.7. The van der Waals surface area contributed by atoms with Crippen molar-refractivity contribution in [3.8, 4) is 23.6 Å². The van der Waals surface area contributed by atoms with E-state index in [4.69, 9.17) is 9.47 Å². The first-order chi connectivity index (χ1) is 19.4. The van der Waals surface area contributed by atoms with E-state index >= 15 is 0 Å². The van der Waals surface area contributed by atoms with Crippen LogP contribution in [-0.2, 0) is 0 Å². The molecule has 0 radical (unpaired) electrons. The summed E-state index contributed by atoms with van der Waals surface area (Å²) in [5, 5.41) is 20.8. The Kier molecular flexibility index (Phi) is 12.5. The molecule has 0 aromatic heterocycles. The number of hydrogen-bond acceptors (Lipinski definition) is 7. The Balaban J connectivity index is 2.21. The van der Waals surface area contributed by atoms with E-state index in [2.05, 4.69) is 81.7 Å². The summed E-state index contributed by atoms with van der Waals surface area (Å²) in [5.74, 6) is 1.48. The Hall–Kier alpha value is -2.87. The van der Waals surface area contributed by atoms with Crippen LogP contribution >= 0.6 is 11.8 Å². The zero-order valence-electron chi connectivity index (χ0n) is 25.3. The normalized spacial score (nSPS) is 13.0. The molecule has 0 aliphatic carbocycles. The van der Waals surface area contributed by atoms with Gasteiger partial charge in [-0.3, -0.25) is 4.90 Å². The van der Waals surface area contributed by atoms with Crippen molar-refractivity contribution < 1.29 is 9.47 Å². The van der Waals surface area contributed by atoms with Crippen molar-refractivity contribution >= 4 is 23.1 Å². The lowest BCUT2D eigenvalue weighted by atomic mass is 10.0. The van der Waals surface area contributed by atoms with Crippen molar-refractivity contribution in [1.82, 2.24) is 4.90 Å². The highest BCUT2D eigenvalue weighted by atomic mass is 32.2. The number of rotatable bonds is 16. The molecular formula is C33H46N4O2S. The number of para-hydroxylation sites is 1. The fraction of sp³-hybridized carbons (Fsp3) is 0.576. The van der Waals surface area contributed by atoms with Gasteiger partial charge in [0.2, 0.25) is 0 Å². The van der Waals surface area contributed by atoms with E-state index in [1.807, 2.05) is 6.07 Å². The molecule has 1 atom stereocenters. The molecular weight excluding hydrogens is 516 g/mol. The molecule has 1 aliphatic heterocycles. The second-order valence-electron chi connectivity index (χ2n) is 10.7. The number of ether oxygens (including phenoxy) is 2. The van der Waals surface area contributed by atoms with Gasteiger partial charge in [0, 0.05) is 17.5 Å². The molecule has 1 aliphatic rings. The number of nitrogens with zero attached hydrogens (tertiary/aromatic N) is 4. The third-order valence-electron chi connectivity index (χ3n) is 7.60. The highest BCUT2D eigenvalue weighted by Crippen LogP contribution is 2.58. The Morgan fingerprint density at radius 1 is 0.925 bits per heavy atom. The lowest BCUT2D eigenvalue weighted by Gasteiger charge is -2.36. The number of likely N-dealkylation sites (N-methyl/N-ethyl adjacent to an activating group) is 1. The molecule has 7 heteroatoms. The van der Waals surface area contributed by atoms with Gasteiger partial charge in [-0.2, -0.15) is 10.5 Å². The zero-order valence-corrected chi connectivity index (χ0v) is 26.1. The molecule has 216 valence electrons. The SMILES string of the molecule is CCCCCCN1c2ccccc2Sc2c(OCCC(C)C)c(C#N)c(C#N)c(OCC(CC)N(CC)CC)c21. The topological polar surface area (TPSA) is 72.5 Å². The Morgan fingerprint density at radius 3 is 2.25 bits per heavy atom. The van der Waals surface area contributed by atoms with Crippen LogP contribution in [-0.4, -0.2) is 43.8 Å². The third-order valence-corrected chi connectivity index (χ3v) is 8.75. The van der Waals surface area contributed by atoms with Crippen molar-refractivity contribution in [2.45, 2.75) is 95.9 Å². The average Bonchev–Trinajstić information content (AvgIpc) is 2.96. The molecule has 0 saturated heterocycles. The molecule has 0 fully saturated rings. The fourth-order valence-corrected chi connectivity index (χ4v) is 6.43. The number of unbranched alkanes of at least 4 members (excludes halogenated alkanes) is 3. The van der Waals surface area contributed by atoms with E-state index < -0.39 is 0 Å². The minimum atomic E-state index is 0.214. The minimum absolute atomic E-state index is 0.214. The molecule has 40 heavy (non-hydrogen) atoms. The monoisotopic (exact) mass is 562 g/mol. The van der Waals surface area contributed by atoms with Crippen molar-refractivity contribution in [2.75, 3.05) is 37.7 Å². The van der Waals surface area contributed by atoms with E-state index in [-0.39, 0.29) is 17.2 Å². The summed E-state index contributed by atoms with van der Waals surface area (Å²) in [7, 11) is 0. The molecule has 0 bridgehead atoms. The molecule has 2 aromatic rings. The lowest BCUT2D eigenvalue weighted by molar-refractivity contribution is 0.142. The Labute approximate surface area is 246 Å². The molecule has 0 saturated carbocycles. The van der Waals surface area contributed by atoms with Crippen LogP contribution in [0.15, 0.2) is 34.1 Å². The van der Waals surface area contributed by atoms with Gasteiger partial charge in [0.15, 0.2) is 11.5 Å². The Morgan fingerprint density at radius 2 is 1.62 bits per heavy atom. The Bertz CT molecular complexity index is 1200. The summed E-state index contributed by atoms with van der Waals surface area (Å²) in [4.78, 5) is 6.69. The highest BCUT2D eigenvalue weighted by Gasteiger charge is 2.35. The van der Waals surface area contributed by atoms with Gasteiger partial charge >= 0.3 is 0 Å². The summed E-state index contributed by atoms with van der Waals surface area (Å²) >= 11 is 1.62. The van der Waals surface area contributed by atoms with Crippen LogP contribution in [0.3, 0.4) is 0 Å². The summed E-state index contributed by atoms with van der Waals surface area (Å²) in [5.41, 5.74) is 2.52. The molecule has 0 spiro atoms. The van der Waals surface area contributed by atoms with Crippen LogP contribution in [0.1, 0.15) is 91.2 Å². The van der Waals surface area contributed by atoms with Gasteiger partial charge in [-0.1, -0.05) is 84.7 Å². The second-order valence-corrected chi connectivity index (χ2v) is 11.8. The van der Waals surface area contributed by atoms with E-state index in [0.29, 0.717) is 30.6 Å². The van der Waals surface area contributed by atoms with Gasteiger partial charge in [0.05, 0.1) is 17.2 Å². The van der Waals surface area contributed by atoms with Gasteiger partial charge in [-0.15, -0.1) is 0 Å². The maximum atomic E-state index is 10.4. The predicted molar refractivity (Wildman–Crippen MR) is 165 cm³/mol.